The molecule has 0 saturated heterocycles. The quantitative estimate of drug-likeness (QED) is 0.301. The minimum Gasteiger partial charge on any atom is -0.357 e. The molecule has 0 radical (unpaired) electrons. The Morgan fingerprint density at radius 2 is 2.08 bits per heavy atom. The maximum absolute atomic E-state index is 11.3. The van der Waals surface area contributed by atoms with Gasteiger partial charge in [0.15, 0.2) is 5.96 Å². The van der Waals surface area contributed by atoms with Gasteiger partial charge in [-0.2, -0.15) is 11.3 Å². The van der Waals surface area contributed by atoms with Crippen molar-refractivity contribution in [1.29, 1.82) is 0 Å². The van der Waals surface area contributed by atoms with Gasteiger partial charge in [0.05, 0.1) is 6.54 Å². The van der Waals surface area contributed by atoms with Crippen LogP contribution in [0, 0.1) is 0 Å². The van der Waals surface area contributed by atoms with E-state index in [0.717, 1.165) is 29.3 Å². The molecule has 0 aromatic carbocycles. The van der Waals surface area contributed by atoms with Crippen LogP contribution in [-0.4, -0.2) is 27.5 Å². The van der Waals surface area contributed by atoms with Crippen LogP contribution in [0.25, 0.3) is 0 Å². The average molecular weight is 514 g/mol. The van der Waals surface area contributed by atoms with E-state index in [4.69, 9.17) is 5.14 Å². The van der Waals surface area contributed by atoms with E-state index in [1.54, 1.807) is 17.4 Å². The number of nitrogens with one attached hydrogen (secondary N) is 2. The third kappa shape index (κ3) is 7.21. The number of nitrogens with zero attached hydrogens (tertiary/aromatic N) is 1. The largest absolute Gasteiger partial charge is 0.357 e. The number of halogens is 1. The molecule has 1 unspecified atom stereocenters. The van der Waals surface area contributed by atoms with Gasteiger partial charge in [0.1, 0.15) is 4.21 Å². The number of aliphatic imine (C=N–C) groups is 1. The van der Waals surface area contributed by atoms with Crippen molar-refractivity contribution in [3.05, 3.63) is 39.4 Å². The standard InChI is InChI=1S/C15H22N4O2S3.HI/c1-3-17-15(18-8-11(2)12-6-7-22-10-12)19-9-13-4-5-14(23-13)24(16,20)21;/h4-7,10-11H,3,8-9H2,1-2H3,(H2,16,20,21)(H2,17,18,19);1H. The van der Waals surface area contributed by atoms with Crippen molar-refractivity contribution in [1.82, 2.24) is 10.6 Å². The lowest BCUT2D eigenvalue weighted by Gasteiger charge is -2.15. The van der Waals surface area contributed by atoms with Gasteiger partial charge in [0, 0.05) is 18.0 Å². The van der Waals surface area contributed by atoms with Crippen molar-refractivity contribution in [2.75, 3.05) is 13.1 Å². The predicted molar refractivity (Wildman–Crippen MR) is 117 cm³/mol. The molecule has 0 aliphatic rings. The summed E-state index contributed by atoms with van der Waals surface area (Å²) in [5.41, 5.74) is 1.30. The van der Waals surface area contributed by atoms with Crippen LogP contribution in [0.5, 0.6) is 0 Å². The molecule has 1 atom stereocenters. The second-order valence-electron chi connectivity index (χ2n) is 5.30. The second-order valence-corrected chi connectivity index (χ2v) is 9.04. The summed E-state index contributed by atoms with van der Waals surface area (Å²) in [5.74, 6) is 1.10. The molecule has 25 heavy (non-hydrogen) atoms. The zero-order valence-electron chi connectivity index (χ0n) is 14.1. The first-order valence-electron chi connectivity index (χ1n) is 7.56. The first-order valence-corrected chi connectivity index (χ1v) is 10.9. The molecule has 2 rings (SSSR count). The van der Waals surface area contributed by atoms with E-state index in [-0.39, 0.29) is 28.2 Å². The smallest absolute Gasteiger partial charge is 0.247 e. The Morgan fingerprint density at radius 1 is 1.32 bits per heavy atom. The van der Waals surface area contributed by atoms with Crippen LogP contribution in [0.2, 0.25) is 0 Å². The van der Waals surface area contributed by atoms with E-state index in [9.17, 15) is 8.42 Å². The fraction of sp³-hybridized carbons (Fsp3) is 0.400. The van der Waals surface area contributed by atoms with Crippen molar-refractivity contribution in [2.45, 2.75) is 30.5 Å². The summed E-state index contributed by atoms with van der Waals surface area (Å²) in [6.07, 6.45) is 0. The number of primary sulfonamides is 1. The lowest BCUT2D eigenvalue weighted by molar-refractivity contribution is 0.600. The van der Waals surface area contributed by atoms with Crippen molar-refractivity contribution >= 4 is 62.6 Å². The Morgan fingerprint density at radius 3 is 2.64 bits per heavy atom. The molecular weight excluding hydrogens is 491 g/mol. The number of thiophene rings is 2. The Bertz CT molecular complexity index is 773. The number of guanidine groups is 1. The number of hydrogen-bond donors (Lipinski definition) is 3. The van der Waals surface area contributed by atoms with E-state index in [0.29, 0.717) is 18.4 Å². The van der Waals surface area contributed by atoms with Gasteiger partial charge in [0.2, 0.25) is 10.0 Å². The predicted octanol–water partition coefficient (Wildman–Crippen LogP) is 2.93. The second kappa shape index (κ2) is 10.5. The first-order chi connectivity index (χ1) is 11.4. The highest BCUT2D eigenvalue weighted by atomic mass is 127. The molecule has 6 nitrogen and oxygen atoms in total. The number of rotatable bonds is 7. The van der Waals surface area contributed by atoms with Gasteiger partial charge in [-0.15, -0.1) is 35.3 Å². The maximum Gasteiger partial charge on any atom is 0.247 e. The minimum absolute atomic E-state index is 0. The van der Waals surface area contributed by atoms with Crippen LogP contribution in [-0.2, 0) is 16.6 Å². The lowest BCUT2D eigenvalue weighted by Crippen LogP contribution is -2.39. The zero-order valence-corrected chi connectivity index (χ0v) is 18.8. The summed E-state index contributed by atoms with van der Waals surface area (Å²) in [6.45, 7) is 6.10. The average Bonchev–Trinajstić information content (AvgIpc) is 3.20. The Labute approximate surface area is 174 Å². The van der Waals surface area contributed by atoms with Gasteiger partial charge in [-0.1, -0.05) is 6.92 Å². The van der Waals surface area contributed by atoms with Crippen molar-refractivity contribution < 1.29 is 8.42 Å². The zero-order chi connectivity index (χ0) is 17.6. The topological polar surface area (TPSA) is 96.6 Å². The summed E-state index contributed by atoms with van der Waals surface area (Å²) in [5, 5.41) is 15.9. The lowest BCUT2D eigenvalue weighted by atomic mass is 10.1. The highest BCUT2D eigenvalue weighted by Gasteiger charge is 2.11. The minimum atomic E-state index is -3.64. The molecule has 0 aliphatic heterocycles. The van der Waals surface area contributed by atoms with Gasteiger partial charge >= 0.3 is 0 Å². The van der Waals surface area contributed by atoms with Gasteiger partial charge in [-0.3, -0.25) is 0 Å². The maximum atomic E-state index is 11.3. The fourth-order valence-electron chi connectivity index (χ4n) is 2.02. The molecule has 2 heterocycles. The Hall–Kier alpha value is -0.690. The molecule has 10 heteroatoms. The molecule has 0 aliphatic carbocycles. The Balaban J connectivity index is 0.00000312. The molecule has 0 fully saturated rings. The molecule has 0 amide bonds. The van der Waals surface area contributed by atoms with Crippen LogP contribution in [0.1, 0.15) is 30.2 Å². The van der Waals surface area contributed by atoms with Crippen molar-refractivity contribution in [2.24, 2.45) is 10.1 Å². The SMILES string of the molecule is CCNC(=NCc1ccc(S(N)(=O)=O)s1)NCC(C)c1ccsc1.I. The molecule has 2 aromatic rings. The van der Waals surface area contributed by atoms with Crippen LogP contribution in [0.4, 0.5) is 0 Å². The van der Waals surface area contributed by atoms with Crippen LogP contribution >= 0.6 is 46.7 Å². The van der Waals surface area contributed by atoms with E-state index in [1.807, 2.05) is 6.92 Å². The molecule has 140 valence electrons. The molecular formula is C15H23IN4O2S3. The molecule has 0 spiro atoms. The molecule has 0 saturated carbocycles. The van der Waals surface area contributed by atoms with Crippen LogP contribution < -0.4 is 15.8 Å². The fourth-order valence-corrected chi connectivity index (χ4v) is 4.50. The summed E-state index contributed by atoms with van der Waals surface area (Å²) < 4.78 is 22.8. The van der Waals surface area contributed by atoms with E-state index < -0.39 is 10.0 Å². The van der Waals surface area contributed by atoms with Crippen molar-refractivity contribution in [3.63, 3.8) is 0 Å². The van der Waals surface area contributed by atoms with Gasteiger partial charge < -0.3 is 10.6 Å². The van der Waals surface area contributed by atoms with Gasteiger partial charge in [-0.25, -0.2) is 18.5 Å². The van der Waals surface area contributed by atoms with E-state index in [1.165, 1.54) is 11.6 Å². The van der Waals surface area contributed by atoms with E-state index >= 15 is 0 Å². The number of nitrogens with two attached hydrogens (primary N) is 1. The first kappa shape index (κ1) is 22.4. The highest BCUT2D eigenvalue weighted by molar-refractivity contribution is 14.0. The normalized spacial score (nSPS) is 13.2. The third-order valence-corrected chi connectivity index (χ3v) is 6.55. The monoisotopic (exact) mass is 514 g/mol. The molecule has 4 N–H and O–H groups in total. The van der Waals surface area contributed by atoms with Crippen LogP contribution in [0.15, 0.2) is 38.2 Å². The molecule has 0 bridgehead atoms. The highest BCUT2D eigenvalue weighted by Crippen LogP contribution is 2.21. The molecule has 2 aromatic heterocycles. The number of sulfonamides is 1. The van der Waals surface area contributed by atoms with E-state index in [2.05, 4.69) is 39.4 Å². The van der Waals surface area contributed by atoms with Crippen LogP contribution in [0.3, 0.4) is 0 Å². The summed E-state index contributed by atoms with van der Waals surface area (Å²) >= 11 is 2.84. The number of hydrogen-bond acceptors (Lipinski definition) is 5. The van der Waals surface area contributed by atoms with Gasteiger partial charge in [-0.05, 0) is 47.4 Å². The summed E-state index contributed by atoms with van der Waals surface area (Å²) in [6, 6.07) is 5.39. The Kier molecular flexibility index (Phi) is 9.35. The van der Waals surface area contributed by atoms with Crippen molar-refractivity contribution in [3.8, 4) is 0 Å². The summed E-state index contributed by atoms with van der Waals surface area (Å²) in [4.78, 5) is 5.35. The third-order valence-electron chi connectivity index (χ3n) is 3.34. The van der Waals surface area contributed by atoms with Gasteiger partial charge in [0.25, 0.3) is 0 Å². The summed E-state index contributed by atoms with van der Waals surface area (Å²) in [7, 11) is -3.64.